The van der Waals surface area contributed by atoms with Crippen LogP contribution in [-0.4, -0.2) is 10.4 Å². The molecule has 1 rings (SSSR count). The summed E-state index contributed by atoms with van der Waals surface area (Å²) in [6.07, 6.45) is 0. The van der Waals surface area contributed by atoms with E-state index >= 15 is 0 Å². The van der Waals surface area contributed by atoms with Gasteiger partial charge in [0.1, 0.15) is 0 Å². The number of para-hydroxylation sites is 1. The summed E-state index contributed by atoms with van der Waals surface area (Å²) in [5.74, 6) is -0.799. The van der Waals surface area contributed by atoms with Gasteiger partial charge in [-0.05, 0) is 6.07 Å². The highest BCUT2D eigenvalue weighted by atomic mass is 19.1. The van der Waals surface area contributed by atoms with Gasteiger partial charge in [0.25, 0.3) is 0 Å². The van der Waals surface area contributed by atoms with Gasteiger partial charge in [0.05, 0.1) is 4.92 Å². The van der Waals surface area contributed by atoms with Gasteiger partial charge in [-0.25, -0.2) is 0 Å². The van der Waals surface area contributed by atoms with Crippen LogP contribution in [0.5, 0.6) is 0 Å². The van der Waals surface area contributed by atoms with Crippen molar-refractivity contribution in [3.63, 3.8) is 0 Å². The molecule has 0 fully saturated rings. The molecule has 2 N–H and O–H groups in total. The van der Waals surface area contributed by atoms with Crippen LogP contribution < -0.4 is 0 Å². The molecule has 0 saturated heterocycles. The van der Waals surface area contributed by atoms with Gasteiger partial charge in [0.15, 0.2) is 0 Å². The van der Waals surface area contributed by atoms with Crippen LogP contribution >= 0.6 is 0 Å². The number of nitrogens with zero attached hydrogens (tertiary/aromatic N) is 1. The van der Waals surface area contributed by atoms with Gasteiger partial charge in [-0.3, -0.25) is 10.1 Å². The van der Waals surface area contributed by atoms with Gasteiger partial charge in [-0.1, -0.05) is 12.1 Å². The fraction of sp³-hybridized carbons (Fsp3) is 0. The summed E-state index contributed by atoms with van der Waals surface area (Å²) in [4.78, 5) is 9.23. The molecule has 0 amide bonds. The van der Waals surface area contributed by atoms with E-state index < -0.39 is 16.4 Å². The molecule has 5 heteroatoms. The molecule has 0 radical (unpaired) electrons. The fourth-order valence-electron chi connectivity index (χ4n) is 0.600. The standard InChI is InChI=1S/C6H4FNO2.H2O/c7-5-3-1-2-4-6(5)8(9)10;/h1-4H;1H2. The highest BCUT2D eigenvalue weighted by Gasteiger charge is 2.09. The zero-order valence-electron chi connectivity index (χ0n) is 5.45. The van der Waals surface area contributed by atoms with Crippen LogP contribution in [0.25, 0.3) is 0 Å². The summed E-state index contributed by atoms with van der Waals surface area (Å²) >= 11 is 0. The quantitative estimate of drug-likeness (QED) is 0.451. The Bertz CT molecular complexity index is 264. The second-order valence-corrected chi connectivity index (χ2v) is 1.71. The molecular formula is C6H6FNO3. The Labute approximate surface area is 61.7 Å². The lowest BCUT2D eigenvalue weighted by atomic mass is 10.3. The van der Waals surface area contributed by atoms with E-state index in [-0.39, 0.29) is 5.48 Å². The molecule has 0 spiro atoms. The Balaban J connectivity index is 0.000001000. The molecule has 0 atom stereocenters. The topological polar surface area (TPSA) is 74.6 Å². The van der Waals surface area contributed by atoms with E-state index in [0.717, 1.165) is 12.1 Å². The molecule has 1 aromatic carbocycles. The van der Waals surface area contributed by atoms with Crippen molar-refractivity contribution in [1.82, 2.24) is 0 Å². The first-order valence-corrected chi connectivity index (χ1v) is 2.61. The van der Waals surface area contributed by atoms with Crippen molar-refractivity contribution in [1.29, 1.82) is 0 Å². The molecule has 0 heterocycles. The fourth-order valence-corrected chi connectivity index (χ4v) is 0.600. The molecule has 0 aromatic heterocycles. The smallest absolute Gasteiger partial charge is 0.304 e. The maximum Gasteiger partial charge on any atom is 0.304 e. The van der Waals surface area contributed by atoms with Crippen LogP contribution in [0, 0.1) is 15.9 Å². The summed E-state index contributed by atoms with van der Waals surface area (Å²) in [5, 5.41) is 9.99. The average molecular weight is 159 g/mol. The third-order valence-electron chi connectivity index (χ3n) is 1.05. The highest BCUT2D eigenvalue weighted by molar-refractivity contribution is 5.30. The molecular weight excluding hydrogens is 153 g/mol. The van der Waals surface area contributed by atoms with Crippen molar-refractivity contribution >= 4 is 5.69 Å². The van der Waals surface area contributed by atoms with Gasteiger partial charge in [0.2, 0.25) is 5.82 Å². The van der Waals surface area contributed by atoms with Gasteiger partial charge < -0.3 is 5.48 Å². The second kappa shape index (κ2) is 3.62. The SMILES string of the molecule is O.O=[N+]([O-])c1ccccc1F. The average Bonchev–Trinajstić information content (AvgIpc) is 1.88. The lowest BCUT2D eigenvalue weighted by Crippen LogP contribution is -1.90. The number of hydrogen-bond acceptors (Lipinski definition) is 2. The third kappa shape index (κ3) is 1.98. The Hall–Kier alpha value is -1.49. The number of nitro benzene ring substituents is 1. The molecule has 0 saturated carbocycles. The van der Waals surface area contributed by atoms with Gasteiger partial charge >= 0.3 is 5.69 Å². The van der Waals surface area contributed by atoms with E-state index in [1.807, 2.05) is 0 Å². The monoisotopic (exact) mass is 159 g/mol. The Kier molecular flexibility index (Phi) is 3.13. The van der Waals surface area contributed by atoms with Gasteiger partial charge in [-0.15, -0.1) is 0 Å². The first-order chi connectivity index (χ1) is 4.72. The minimum absolute atomic E-state index is 0. The number of hydrogen-bond donors (Lipinski definition) is 0. The number of halogens is 1. The van der Waals surface area contributed by atoms with Crippen LogP contribution in [0.4, 0.5) is 10.1 Å². The first kappa shape index (κ1) is 9.51. The third-order valence-corrected chi connectivity index (χ3v) is 1.05. The molecule has 0 unspecified atom stereocenters. The maximum absolute atomic E-state index is 12.4. The second-order valence-electron chi connectivity index (χ2n) is 1.71. The van der Waals surface area contributed by atoms with E-state index in [1.54, 1.807) is 0 Å². The van der Waals surface area contributed by atoms with Crippen molar-refractivity contribution in [2.24, 2.45) is 0 Å². The molecule has 1 aromatic rings. The van der Waals surface area contributed by atoms with Crippen LogP contribution in [-0.2, 0) is 0 Å². The molecule has 11 heavy (non-hydrogen) atoms. The van der Waals surface area contributed by atoms with E-state index in [4.69, 9.17) is 0 Å². The van der Waals surface area contributed by atoms with Crippen LogP contribution in [0.2, 0.25) is 0 Å². The normalized spacial score (nSPS) is 8.45. The Morgan fingerprint density at radius 3 is 2.27 bits per heavy atom. The van der Waals surface area contributed by atoms with Gasteiger partial charge in [0, 0.05) is 6.07 Å². The summed E-state index contributed by atoms with van der Waals surface area (Å²) in [5.41, 5.74) is -0.484. The van der Waals surface area contributed by atoms with Crippen LogP contribution in [0.1, 0.15) is 0 Å². The molecule has 4 nitrogen and oxygen atoms in total. The predicted octanol–water partition coefficient (Wildman–Crippen LogP) is 0.909. The first-order valence-electron chi connectivity index (χ1n) is 2.61. The van der Waals surface area contributed by atoms with Crippen molar-refractivity contribution in [2.45, 2.75) is 0 Å². The zero-order valence-corrected chi connectivity index (χ0v) is 5.45. The number of rotatable bonds is 1. The molecule has 0 aliphatic rings. The van der Waals surface area contributed by atoms with Crippen molar-refractivity contribution in [3.05, 3.63) is 40.2 Å². The Morgan fingerprint density at radius 2 is 1.91 bits per heavy atom. The van der Waals surface area contributed by atoms with E-state index in [2.05, 4.69) is 0 Å². The maximum atomic E-state index is 12.4. The minimum Gasteiger partial charge on any atom is -0.412 e. The summed E-state index contributed by atoms with van der Waals surface area (Å²) < 4.78 is 12.4. The summed E-state index contributed by atoms with van der Waals surface area (Å²) in [6, 6.07) is 5.00. The van der Waals surface area contributed by atoms with Crippen molar-refractivity contribution < 1.29 is 14.8 Å². The number of nitro groups is 1. The van der Waals surface area contributed by atoms with Crippen LogP contribution in [0.3, 0.4) is 0 Å². The van der Waals surface area contributed by atoms with E-state index in [1.165, 1.54) is 12.1 Å². The lowest BCUT2D eigenvalue weighted by Gasteiger charge is -1.89. The van der Waals surface area contributed by atoms with Gasteiger partial charge in [-0.2, -0.15) is 4.39 Å². The summed E-state index contributed by atoms with van der Waals surface area (Å²) in [7, 11) is 0. The van der Waals surface area contributed by atoms with Crippen molar-refractivity contribution in [2.75, 3.05) is 0 Å². The molecule has 0 aliphatic heterocycles. The lowest BCUT2D eigenvalue weighted by molar-refractivity contribution is -0.387. The summed E-state index contributed by atoms with van der Waals surface area (Å²) in [6.45, 7) is 0. The predicted molar refractivity (Wildman–Crippen MR) is 36.7 cm³/mol. The molecule has 0 bridgehead atoms. The molecule has 0 aliphatic carbocycles. The largest absolute Gasteiger partial charge is 0.412 e. The van der Waals surface area contributed by atoms with E-state index in [9.17, 15) is 14.5 Å². The minimum atomic E-state index is -0.799. The highest BCUT2D eigenvalue weighted by Crippen LogP contribution is 2.14. The van der Waals surface area contributed by atoms with E-state index in [0.29, 0.717) is 0 Å². The van der Waals surface area contributed by atoms with Crippen LogP contribution in [0.15, 0.2) is 24.3 Å². The van der Waals surface area contributed by atoms with Crippen molar-refractivity contribution in [3.8, 4) is 0 Å². The molecule has 60 valence electrons. The Morgan fingerprint density at radius 1 is 1.36 bits per heavy atom. The zero-order chi connectivity index (χ0) is 7.56. The number of benzene rings is 1.